The number of amides is 1. The molecule has 1 aromatic heterocycles. The number of aromatic nitrogens is 1. The van der Waals surface area contributed by atoms with Crippen molar-refractivity contribution in [2.24, 2.45) is 0 Å². The van der Waals surface area contributed by atoms with E-state index < -0.39 is 17.7 Å². The molecule has 8 heteroatoms. The zero-order valence-electron chi connectivity index (χ0n) is 20.6. The average Bonchev–Trinajstić information content (AvgIpc) is 3.41. The summed E-state index contributed by atoms with van der Waals surface area (Å²) in [7, 11) is 0. The Morgan fingerprint density at radius 3 is 2.46 bits per heavy atom. The molecule has 0 radical (unpaired) electrons. The summed E-state index contributed by atoms with van der Waals surface area (Å²) in [5.41, 5.74) is 3.92. The third kappa shape index (κ3) is 4.61. The van der Waals surface area contributed by atoms with E-state index in [-0.39, 0.29) is 11.3 Å². The Bertz CT molecular complexity index is 1540. The number of anilines is 1. The van der Waals surface area contributed by atoms with Crippen LogP contribution in [0.15, 0.2) is 66.2 Å². The highest BCUT2D eigenvalue weighted by Gasteiger charge is 2.48. The van der Waals surface area contributed by atoms with Gasteiger partial charge >= 0.3 is 5.91 Å². The Balaban J connectivity index is 1.68. The molecule has 1 aliphatic heterocycles. The van der Waals surface area contributed by atoms with E-state index in [1.54, 1.807) is 36.4 Å². The van der Waals surface area contributed by atoms with Crippen LogP contribution in [0, 0.1) is 13.8 Å². The number of carbonyl (C=O) groups excluding carboxylic acids is 2. The van der Waals surface area contributed by atoms with Gasteiger partial charge in [0.05, 0.1) is 28.4 Å². The van der Waals surface area contributed by atoms with E-state index in [2.05, 4.69) is 0 Å². The van der Waals surface area contributed by atoms with Crippen molar-refractivity contribution < 1.29 is 19.4 Å². The Morgan fingerprint density at radius 1 is 1.08 bits per heavy atom. The van der Waals surface area contributed by atoms with E-state index in [1.165, 1.54) is 16.2 Å². The minimum atomic E-state index is -0.863. The van der Waals surface area contributed by atoms with Gasteiger partial charge in [0.1, 0.15) is 11.5 Å². The van der Waals surface area contributed by atoms with Crippen molar-refractivity contribution in [1.29, 1.82) is 0 Å². The Labute approximate surface area is 223 Å². The third-order valence-electron chi connectivity index (χ3n) is 6.26. The number of halogens is 1. The van der Waals surface area contributed by atoms with Gasteiger partial charge in [-0.15, -0.1) is 0 Å². The van der Waals surface area contributed by atoms with E-state index in [4.69, 9.17) is 21.3 Å². The van der Waals surface area contributed by atoms with Gasteiger partial charge < -0.3 is 9.84 Å². The Kier molecular flexibility index (Phi) is 6.75. The van der Waals surface area contributed by atoms with Gasteiger partial charge in [-0.25, -0.2) is 4.98 Å². The molecule has 1 aliphatic rings. The first-order valence-electron chi connectivity index (χ1n) is 12.0. The number of fused-ring (bicyclic) bond motifs is 1. The first-order valence-corrected chi connectivity index (χ1v) is 13.2. The van der Waals surface area contributed by atoms with Crippen LogP contribution in [-0.4, -0.2) is 28.4 Å². The maximum absolute atomic E-state index is 13.5. The molecule has 2 heterocycles. The molecule has 0 bridgehead atoms. The number of aryl methyl sites for hydroxylation is 2. The topological polar surface area (TPSA) is 79.7 Å². The summed E-state index contributed by atoms with van der Waals surface area (Å²) in [5, 5.41) is 12.2. The highest BCUT2D eigenvalue weighted by Crippen LogP contribution is 2.45. The van der Waals surface area contributed by atoms with E-state index >= 15 is 0 Å². The minimum Gasteiger partial charge on any atom is -0.507 e. The zero-order valence-corrected chi connectivity index (χ0v) is 22.2. The highest BCUT2D eigenvalue weighted by molar-refractivity contribution is 7.22. The number of carbonyl (C=O) groups is 2. The lowest BCUT2D eigenvalue weighted by molar-refractivity contribution is -0.132. The average molecular weight is 533 g/mol. The molecular weight excluding hydrogens is 508 g/mol. The Hall–Kier alpha value is -3.68. The fraction of sp³-hybridized carbons (Fsp3) is 0.207. The molecule has 1 amide bonds. The lowest BCUT2D eigenvalue weighted by atomic mass is 9.95. The molecule has 0 saturated carbocycles. The largest absolute Gasteiger partial charge is 0.507 e. The SMILES string of the molecule is CCCOc1ccc(C2/C(=C(\O)c3ccc(Cl)cc3)C(=O)C(=O)N2c2nc3c(C)cc(C)cc3s2)cc1. The van der Waals surface area contributed by atoms with Crippen LogP contribution in [-0.2, 0) is 9.59 Å². The van der Waals surface area contributed by atoms with Crippen molar-refractivity contribution in [2.75, 3.05) is 11.5 Å². The van der Waals surface area contributed by atoms with Crippen LogP contribution in [0.4, 0.5) is 5.13 Å². The molecule has 6 nitrogen and oxygen atoms in total. The number of ether oxygens (including phenoxy) is 1. The monoisotopic (exact) mass is 532 g/mol. The summed E-state index contributed by atoms with van der Waals surface area (Å²) in [4.78, 5) is 33.0. The quantitative estimate of drug-likeness (QED) is 0.164. The minimum absolute atomic E-state index is 0.00158. The highest BCUT2D eigenvalue weighted by atomic mass is 35.5. The van der Waals surface area contributed by atoms with Gasteiger partial charge in [-0.05, 0) is 79.4 Å². The fourth-order valence-corrected chi connectivity index (χ4v) is 5.83. The van der Waals surface area contributed by atoms with E-state index in [9.17, 15) is 14.7 Å². The molecule has 1 fully saturated rings. The van der Waals surface area contributed by atoms with Crippen molar-refractivity contribution in [1.82, 2.24) is 4.98 Å². The lowest BCUT2D eigenvalue weighted by Crippen LogP contribution is -2.29. The Morgan fingerprint density at radius 2 is 1.78 bits per heavy atom. The summed E-state index contributed by atoms with van der Waals surface area (Å²) >= 11 is 7.37. The second kappa shape index (κ2) is 10.00. The van der Waals surface area contributed by atoms with Crippen LogP contribution in [0.2, 0.25) is 5.02 Å². The first-order chi connectivity index (χ1) is 17.8. The van der Waals surface area contributed by atoms with Crippen LogP contribution in [0.25, 0.3) is 16.0 Å². The van der Waals surface area contributed by atoms with Crippen molar-refractivity contribution >= 4 is 55.7 Å². The number of benzene rings is 3. The predicted molar refractivity (Wildman–Crippen MR) is 148 cm³/mol. The summed E-state index contributed by atoms with van der Waals surface area (Å²) in [6, 6.07) is 16.9. The number of hydrogen-bond acceptors (Lipinski definition) is 6. The van der Waals surface area contributed by atoms with Gasteiger partial charge in [0, 0.05) is 10.6 Å². The van der Waals surface area contributed by atoms with Gasteiger partial charge in [-0.3, -0.25) is 14.5 Å². The van der Waals surface area contributed by atoms with Gasteiger partial charge in [-0.2, -0.15) is 0 Å². The normalized spacial score (nSPS) is 17.1. The smallest absolute Gasteiger partial charge is 0.301 e. The molecule has 188 valence electrons. The number of rotatable bonds is 6. The number of aliphatic hydroxyl groups excluding tert-OH is 1. The van der Waals surface area contributed by atoms with Gasteiger partial charge in [0.15, 0.2) is 5.13 Å². The summed E-state index contributed by atoms with van der Waals surface area (Å²) in [6.07, 6.45) is 0.875. The van der Waals surface area contributed by atoms with E-state index in [1.807, 2.05) is 45.0 Å². The van der Waals surface area contributed by atoms with Crippen LogP contribution in [0.3, 0.4) is 0 Å². The molecule has 5 rings (SSSR count). The van der Waals surface area contributed by atoms with Crippen molar-refractivity contribution in [2.45, 2.75) is 33.2 Å². The molecule has 37 heavy (non-hydrogen) atoms. The fourth-order valence-electron chi connectivity index (χ4n) is 4.54. The number of nitrogens with zero attached hydrogens (tertiary/aromatic N) is 2. The van der Waals surface area contributed by atoms with Gasteiger partial charge in [0.2, 0.25) is 0 Å². The lowest BCUT2D eigenvalue weighted by Gasteiger charge is -2.23. The van der Waals surface area contributed by atoms with Gasteiger partial charge in [-0.1, -0.05) is 48.1 Å². The number of hydrogen-bond donors (Lipinski definition) is 1. The summed E-state index contributed by atoms with van der Waals surface area (Å²) in [5.74, 6) is -1.08. The number of thiazole rings is 1. The molecule has 1 unspecified atom stereocenters. The molecule has 4 aromatic rings. The van der Waals surface area contributed by atoms with Crippen LogP contribution >= 0.6 is 22.9 Å². The summed E-state index contributed by atoms with van der Waals surface area (Å²) < 4.78 is 6.64. The van der Waals surface area contributed by atoms with Crippen molar-refractivity contribution in [3.8, 4) is 5.75 Å². The summed E-state index contributed by atoms with van der Waals surface area (Å²) in [6.45, 7) is 6.59. The predicted octanol–water partition coefficient (Wildman–Crippen LogP) is 6.98. The third-order valence-corrected chi connectivity index (χ3v) is 7.51. The molecular formula is C29H25ClN2O4S. The second-order valence-corrected chi connectivity index (χ2v) is 10.5. The molecule has 1 atom stereocenters. The standard InChI is InChI=1S/C29H25ClN2O4S/c1-4-13-36-21-11-7-18(8-12-21)25-23(26(33)19-5-9-20(30)10-6-19)27(34)28(35)32(25)29-31-24-17(3)14-16(2)15-22(24)37-29/h5-12,14-15,25,33H,4,13H2,1-3H3/b26-23+. The zero-order chi connectivity index (χ0) is 26.3. The van der Waals surface area contributed by atoms with E-state index in [0.717, 1.165) is 27.8 Å². The number of Topliss-reactive ketones (excluding diaryl/α,β-unsaturated/α-hetero) is 1. The van der Waals surface area contributed by atoms with Crippen LogP contribution < -0.4 is 9.64 Å². The van der Waals surface area contributed by atoms with Crippen LogP contribution in [0.1, 0.15) is 41.6 Å². The second-order valence-electron chi connectivity index (χ2n) is 9.02. The van der Waals surface area contributed by atoms with Crippen molar-refractivity contribution in [3.05, 3.63) is 93.5 Å². The van der Waals surface area contributed by atoms with Crippen molar-refractivity contribution in [3.63, 3.8) is 0 Å². The van der Waals surface area contributed by atoms with Gasteiger partial charge in [0.25, 0.3) is 5.78 Å². The molecule has 0 aliphatic carbocycles. The molecule has 3 aromatic carbocycles. The molecule has 1 N–H and O–H groups in total. The number of ketones is 1. The van der Waals surface area contributed by atoms with E-state index in [0.29, 0.717) is 33.6 Å². The molecule has 0 spiro atoms. The number of aliphatic hydroxyl groups is 1. The maximum atomic E-state index is 13.5. The molecule has 1 saturated heterocycles. The maximum Gasteiger partial charge on any atom is 0.301 e. The first kappa shape index (κ1) is 25.0. The van der Waals surface area contributed by atoms with Crippen LogP contribution in [0.5, 0.6) is 5.75 Å².